The summed E-state index contributed by atoms with van der Waals surface area (Å²) in [5, 5.41) is 0. The molecular formula is C104H64N6O2. The molecule has 22 rings (SSSR count). The highest BCUT2D eigenvalue weighted by atomic mass is 16.5. The van der Waals surface area contributed by atoms with Gasteiger partial charge in [0, 0.05) is 96.5 Å². The third-order valence-electron chi connectivity index (χ3n) is 23.1. The van der Waals surface area contributed by atoms with Crippen LogP contribution in [0.4, 0.5) is 0 Å². The van der Waals surface area contributed by atoms with Crippen molar-refractivity contribution in [3.63, 3.8) is 0 Å². The Morgan fingerprint density at radius 1 is 0.188 bits per heavy atom. The predicted molar refractivity (Wildman–Crippen MR) is 448 cm³/mol. The van der Waals surface area contributed by atoms with Crippen LogP contribution in [0.1, 0.15) is 44.5 Å². The van der Waals surface area contributed by atoms with Crippen molar-refractivity contribution in [1.82, 2.24) is 29.9 Å². The SMILES string of the molecule is c1ccc(-c2cccc(-c3cc(-c4cccc5c4Oc4c(-c6ccncc6)cccc4C54c5ccccc5-c5cc(-c6ccc(-c7ccc(-c8cccc9c8Oc8c(-c%10cc(-c%11ccccc%11)nc(-c%11ccccc%11)n%10)cccc8C98c9ccccc9-c9ccccc98)cc7)nc6)ccc54)nc(-c4ccccc4)n3)c2)cc1. The van der Waals surface area contributed by atoms with E-state index in [1.54, 1.807) is 0 Å². The summed E-state index contributed by atoms with van der Waals surface area (Å²) in [7, 11) is 0. The smallest absolute Gasteiger partial charge is 0.160 e. The number of ether oxygens (including phenoxy) is 2. The molecule has 8 heteroatoms. The van der Waals surface area contributed by atoms with E-state index in [1.165, 1.54) is 27.8 Å². The van der Waals surface area contributed by atoms with Crippen LogP contribution in [-0.4, -0.2) is 29.9 Å². The highest BCUT2D eigenvalue weighted by Gasteiger charge is 2.54. The highest BCUT2D eigenvalue weighted by molar-refractivity contribution is 5.96. The van der Waals surface area contributed by atoms with Gasteiger partial charge in [0.25, 0.3) is 0 Å². The summed E-state index contributed by atoms with van der Waals surface area (Å²) in [5.41, 5.74) is 31.0. The third kappa shape index (κ3) is 10.1. The normalized spacial score (nSPS) is 14.0. The first-order chi connectivity index (χ1) is 55.5. The van der Waals surface area contributed by atoms with Crippen LogP contribution in [0.5, 0.6) is 23.0 Å². The largest absolute Gasteiger partial charge is 0.455 e. The van der Waals surface area contributed by atoms with Crippen LogP contribution < -0.4 is 9.47 Å². The number of pyridine rings is 2. The molecule has 0 N–H and O–H groups in total. The minimum atomic E-state index is -0.825. The molecule has 0 saturated carbocycles. The molecule has 0 radical (unpaired) electrons. The molecule has 522 valence electrons. The molecule has 112 heavy (non-hydrogen) atoms. The molecule has 2 aliphatic carbocycles. The first-order valence-corrected chi connectivity index (χ1v) is 37.9. The van der Waals surface area contributed by atoms with Crippen molar-refractivity contribution in [1.29, 1.82) is 0 Å². The van der Waals surface area contributed by atoms with Crippen LogP contribution in [0.15, 0.2) is 389 Å². The van der Waals surface area contributed by atoms with E-state index in [-0.39, 0.29) is 0 Å². The van der Waals surface area contributed by atoms with Crippen LogP contribution >= 0.6 is 0 Å². The molecule has 2 aliphatic heterocycles. The predicted octanol–water partition coefficient (Wildman–Crippen LogP) is 25.3. The van der Waals surface area contributed by atoms with Crippen molar-refractivity contribution >= 4 is 0 Å². The van der Waals surface area contributed by atoms with Gasteiger partial charge in [-0.15, -0.1) is 0 Å². The second kappa shape index (κ2) is 25.9. The number of nitrogens with zero attached hydrogens (tertiary/aromatic N) is 6. The minimum absolute atomic E-state index is 0.621. The molecule has 0 amide bonds. The summed E-state index contributed by atoms with van der Waals surface area (Å²) in [4.78, 5) is 31.1. The molecule has 0 bridgehead atoms. The quantitative estimate of drug-likeness (QED) is 0.126. The van der Waals surface area contributed by atoms with Crippen LogP contribution in [0.2, 0.25) is 0 Å². The van der Waals surface area contributed by atoms with Gasteiger partial charge in [-0.05, 0) is 127 Å². The lowest BCUT2D eigenvalue weighted by atomic mass is 9.65. The van der Waals surface area contributed by atoms with Gasteiger partial charge in [-0.3, -0.25) is 9.97 Å². The van der Waals surface area contributed by atoms with Crippen LogP contribution in [-0.2, 0) is 10.8 Å². The van der Waals surface area contributed by atoms with Gasteiger partial charge in [0.1, 0.15) is 23.0 Å². The number of benzene rings is 14. The number of hydrogen-bond donors (Lipinski definition) is 0. The number of para-hydroxylation sites is 4. The highest BCUT2D eigenvalue weighted by Crippen LogP contribution is 2.67. The molecule has 4 aliphatic rings. The molecule has 6 heterocycles. The second-order valence-electron chi connectivity index (χ2n) is 29.0. The molecule has 1 unspecified atom stereocenters. The zero-order valence-corrected chi connectivity index (χ0v) is 60.5. The van der Waals surface area contributed by atoms with Crippen LogP contribution in [0, 0.1) is 0 Å². The summed E-state index contributed by atoms with van der Waals surface area (Å²) in [6.07, 6.45) is 5.71. The molecule has 18 aromatic rings. The van der Waals surface area contributed by atoms with E-state index < -0.39 is 10.8 Å². The van der Waals surface area contributed by atoms with Gasteiger partial charge in [-0.1, -0.05) is 315 Å². The Hall–Kier alpha value is -14.9. The van der Waals surface area contributed by atoms with Crippen LogP contribution in [0.25, 0.3) is 146 Å². The number of aromatic nitrogens is 6. The molecule has 4 aromatic heterocycles. The topological polar surface area (TPSA) is 95.8 Å². The molecule has 14 aromatic carbocycles. The van der Waals surface area contributed by atoms with E-state index in [0.29, 0.717) is 11.6 Å². The van der Waals surface area contributed by atoms with Gasteiger partial charge >= 0.3 is 0 Å². The first-order valence-electron chi connectivity index (χ1n) is 37.9. The summed E-state index contributed by atoms with van der Waals surface area (Å²) < 4.78 is 15.3. The van der Waals surface area contributed by atoms with Gasteiger partial charge in [-0.25, -0.2) is 19.9 Å². The first kappa shape index (κ1) is 64.3. The van der Waals surface area contributed by atoms with E-state index in [9.17, 15) is 0 Å². The minimum Gasteiger partial charge on any atom is -0.455 e. The fourth-order valence-corrected chi connectivity index (χ4v) is 18.1. The van der Waals surface area contributed by atoms with E-state index in [1.807, 2.05) is 67.1 Å². The lowest BCUT2D eigenvalue weighted by Gasteiger charge is -2.40. The lowest BCUT2D eigenvalue weighted by Crippen LogP contribution is -2.32. The van der Waals surface area contributed by atoms with E-state index in [2.05, 4.69) is 327 Å². The van der Waals surface area contributed by atoms with E-state index in [4.69, 9.17) is 34.4 Å². The zero-order valence-electron chi connectivity index (χ0n) is 60.5. The molecule has 8 nitrogen and oxygen atoms in total. The fraction of sp³-hybridized carbons (Fsp3) is 0.0192. The number of hydrogen-bond acceptors (Lipinski definition) is 8. The third-order valence-corrected chi connectivity index (χ3v) is 23.1. The average molecular weight is 1430 g/mol. The summed E-state index contributed by atoms with van der Waals surface area (Å²) in [5.74, 6) is 4.34. The van der Waals surface area contributed by atoms with Gasteiger partial charge < -0.3 is 9.47 Å². The Bertz CT molecular complexity index is 6690. The summed E-state index contributed by atoms with van der Waals surface area (Å²) in [6, 6.07) is 131. The number of fused-ring (bicyclic) bond motifs is 18. The summed E-state index contributed by atoms with van der Waals surface area (Å²) >= 11 is 0. The number of rotatable bonds is 11. The average Bonchev–Trinajstić information content (AvgIpc) is 1.48. The Morgan fingerprint density at radius 2 is 0.527 bits per heavy atom. The van der Waals surface area contributed by atoms with E-state index >= 15 is 0 Å². The maximum Gasteiger partial charge on any atom is 0.160 e. The Morgan fingerprint density at radius 3 is 1.04 bits per heavy atom. The monoisotopic (exact) mass is 1430 g/mol. The van der Waals surface area contributed by atoms with E-state index in [0.717, 1.165) is 174 Å². The van der Waals surface area contributed by atoms with Crippen molar-refractivity contribution in [2.45, 2.75) is 10.8 Å². The van der Waals surface area contributed by atoms with Gasteiger partial charge in [-0.2, -0.15) is 0 Å². The standard InChI is InChI=1S/C104H64N6O2/c1-5-24-65(25-6-1)72-32-19-33-74(60-72)94-63-96(110-102(108-94)71-30-11-4-12-31-71)82-40-23-47-91-100(82)112-98-77(67-56-58-105-59-57-67)38-21-45-89(98)104(91)86-43-18-15-36-80(86)83-61-73(52-54-87(83)104)75-53-55-92(106-64-75)69-50-48-66(49-51-69)76-37-20-44-88-97(76)111-99-81(95-62-93(68-26-7-2-8-27-68)107-101(109-95)70-28-9-3-10-29-70)39-22-46-90(99)103(88)84-41-16-13-34-78(84)79-35-14-17-42-85(79)103/h1-64H. The molecule has 0 fully saturated rings. The molecule has 2 spiro atoms. The fourth-order valence-electron chi connectivity index (χ4n) is 18.1. The lowest BCUT2D eigenvalue weighted by molar-refractivity contribution is 0.439. The van der Waals surface area contributed by atoms with Gasteiger partial charge in [0.15, 0.2) is 11.6 Å². The second-order valence-corrected chi connectivity index (χ2v) is 29.0. The van der Waals surface area contributed by atoms with Gasteiger partial charge in [0.2, 0.25) is 0 Å². The van der Waals surface area contributed by atoms with Crippen molar-refractivity contribution in [3.8, 4) is 169 Å². The Labute approximate surface area is 648 Å². The maximum atomic E-state index is 7.64. The molecular weight excluding hydrogens is 1370 g/mol. The van der Waals surface area contributed by atoms with Crippen molar-refractivity contribution < 1.29 is 9.47 Å². The Balaban J connectivity index is 0.641. The van der Waals surface area contributed by atoms with Crippen molar-refractivity contribution in [3.05, 3.63) is 433 Å². The molecule has 1 atom stereocenters. The maximum absolute atomic E-state index is 7.64. The molecule has 0 saturated heterocycles. The Kier molecular flexibility index (Phi) is 14.9. The van der Waals surface area contributed by atoms with Crippen molar-refractivity contribution in [2.24, 2.45) is 0 Å². The van der Waals surface area contributed by atoms with Crippen molar-refractivity contribution in [2.75, 3.05) is 0 Å². The zero-order chi connectivity index (χ0) is 73.9. The van der Waals surface area contributed by atoms with Crippen LogP contribution in [0.3, 0.4) is 0 Å². The van der Waals surface area contributed by atoms with Gasteiger partial charge in [0.05, 0.1) is 39.3 Å². The summed E-state index contributed by atoms with van der Waals surface area (Å²) in [6.45, 7) is 0.